The predicted octanol–water partition coefficient (Wildman–Crippen LogP) is 2.75. The van der Waals surface area contributed by atoms with E-state index < -0.39 is 0 Å². The van der Waals surface area contributed by atoms with Gasteiger partial charge in [-0.05, 0) is 37.1 Å². The van der Waals surface area contributed by atoms with Crippen LogP contribution < -0.4 is 19.5 Å². The Morgan fingerprint density at radius 2 is 1.41 bits per heavy atom. The van der Waals surface area contributed by atoms with Crippen molar-refractivity contribution in [3.8, 4) is 17.2 Å². The molecule has 1 fully saturated rings. The summed E-state index contributed by atoms with van der Waals surface area (Å²) < 4.78 is 16.0. The highest BCUT2D eigenvalue weighted by Gasteiger charge is 2.28. The van der Waals surface area contributed by atoms with E-state index in [-0.39, 0.29) is 17.9 Å². The van der Waals surface area contributed by atoms with Gasteiger partial charge in [-0.2, -0.15) is 0 Å². The fourth-order valence-electron chi connectivity index (χ4n) is 3.54. The maximum Gasteiger partial charge on any atom is 0.261 e. The fourth-order valence-corrected chi connectivity index (χ4v) is 3.54. The van der Waals surface area contributed by atoms with Gasteiger partial charge in [-0.15, -0.1) is 0 Å². The fraction of sp³-hybridized carbons (Fsp3) is 0.364. The van der Waals surface area contributed by atoms with Crippen LogP contribution in [0.15, 0.2) is 42.5 Å². The molecule has 0 spiro atoms. The van der Waals surface area contributed by atoms with Crippen LogP contribution in [0.4, 0.5) is 0 Å². The zero-order valence-electron chi connectivity index (χ0n) is 16.9. The van der Waals surface area contributed by atoms with Gasteiger partial charge in [0.1, 0.15) is 22.8 Å². The third-order valence-electron chi connectivity index (χ3n) is 5.11. The lowest BCUT2D eigenvalue weighted by Gasteiger charge is -2.33. The molecule has 0 aromatic heterocycles. The van der Waals surface area contributed by atoms with E-state index in [9.17, 15) is 9.59 Å². The Morgan fingerprint density at radius 1 is 0.862 bits per heavy atom. The van der Waals surface area contributed by atoms with Crippen molar-refractivity contribution in [3.05, 3.63) is 53.6 Å². The summed E-state index contributed by atoms with van der Waals surface area (Å²) in [6.45, 7) is 1.08. The summed E-state index contributed by atoms with van der Waals surface area (Å²) in [5, 5.41) is 3.05. The van der Waals surface area contributed by atoms with E-state index in [2.05, 4.69) is 5.32 Å². The number of hydrogen-bond acceptors (Lipinski definition) is 5. The Hall–Kier alpha value is -3.22. The number of hydrogen-bond donors (Lipinski definition) is 1. The van der Waals surface area contributed by atoms with E-state index in [4.69, 9.17) is 14.2 Å². The molecular weight excluding hydrogens is 372 g/mol. The van der Waals surface area contributed by atoms with Gasteiger partial charge in [0.2, 0.25) is 0 Å². The van der Waals surface area contributed by atoms with Crippen LogP contribution in [0.5, 0.6) is 17.2 Å². The number of methoxy groups -OCH3 is 3. The quantitative estimate of drug-likeness (QED) is 0.810. The first-order valence-electron chi connectivity index (χ1n) is 9.53. The number of carbonyl (C=O) groups excluding carboxylic acids is 2. The van der Waals surface area contributed by atoms with Gasteiger partial charge in [-0.3, -0.25) is 9.59 Å². The lowest BCUT2D eigenvalue weighted by atomic mass is 10.0. The molecular formula is C22H26N2O5. The van der Waals surface area contributed by atoms with Crippen LogP contribution in [0.2, 0.25) is 0 Å². The second kappa shape index (κ2) is 9.32. The smallest absolute Gasteiger partial charge is 0.261 e. The van der Waals surface area contributed by atoms with Crippen molar-refractivity contribution in [3.63, 3.8) is 0 Å². The molecule has 2 aromatic rings. The lowest BCUT2D eigenvalue weighted by molar-refractivity contribution is 0.0691. The van der Waals surface area contributed by atoms with Crippen LogP contribution in [0.3, 0.4) is 0 Å². The first kappa shape index (κ1) is 20.5. The number of piperidine rings is 1. The van der Waals surface area contributed by atoms with E-state index in [1.54, 1.807) is 48.4 Å². The highest BCUT2D eigenvalue weighted by Crippen LogP contribution is 2.30. The Morgan fingerprint density at radius 3 is 2.00 bits per heavy atom. The minimum absolute atomic E-state index is 0.00368. The van der Waals surface area contributed by atoms with Crippen molar-refractivity contribution in [1.82, 2.24) is 10.2 Å². The third-order valence-corrected chi connectivity index (χ3v) is 5.11. The monoisotopic (exact) mass is 398 g/mol. The molecule has 7 heteroatoms. The maximum absolute atomic E-state index is 13.1. The highest BCUT2D eigenvalue weighted by atomic mass is 16.5. The highest BCUT2D eigenvalue weighted by molar-refractivity contribution is 6.00. The number of nitrogens with one attached hydrogen (secondary N) is 1. The number of para-hydroxylation sites is 1. The zero-order valence-corrected chi connectivity index (χ0v) is 16.9. The van der Waals surface area contributed by atoms with Crippen molar-refractivity contribution in [2.24, 2.45) is 0 Å². The van der Waals surface area contributed by atoms with Crippen LogP contribution in [0.25, 0.3) is 0 Å². The summed E-state index contributed by atoms with van der Waals surface area (Å²) in [5.41, 5.74) is 0.932. The van der Waals surface area contributed by atoms with Crippen molar-refractivity contribution < 1.29 is 23.8 Å². The van der Waals surface area contributed by atoms with Gasteiger partial charge in [0, 0.05) is 19.1 Å². The summed E-state index contributed by atoms with van der Waals surface area (Å²) in [7, 11) is 4.61. The van der Waals surface area contributed by atoms with E-state index >= 15 is 0 Å². The van der Waals surface area contributed by atoms with Crippen LogP contribution >= 0.6 is 0 Å². The Balaban J connectivity index is 1.64. The molecule has 2 aromatic carbocycles. The SMILES string of the molecule is COc1ccccc1C(=O)NC1CCN(C(=O)c2c(OC)cccc2OC)CC1. The largest absolute Gasteiger partial charge is 0.496 e. The minimum atomic E-state index is -0.168. The summed E-state index contributed by atoms with van der Waals surface area (Å²) in [6, 6.07) is 12.4. The second-order valence-electron chi connectivity index (χ2n) is 6.78. The van der Waals surface area contributed by atoms with Gasteiger partial charge in [-0.1, -0.05) is 18.2 Å². The molecule has 0 bridgehead atoms. The Labute approximate surface area is 170 Å². The minimum Gasteiger partial charge on any atom is -0.496 e. The molecule has 0 saturated carbocycles. The molecule has 0 aliphatic carbocycles. The van der Waals surface area contributed by atoms with Gasteiger partial charge >= 0.3 is 0 Å². The van der Waals surface area contributed by atoms with Gasteiger partial charge in [0.15, 0.2) is 0 Å². The molecule has 1 N–H and O–H groups in total. The van der Waals surface area contributed by atoms with Gasteiger partial charge in [0.05, 0.1) is 26.9 Å². The molecule has 1 saturated heterocycles. The number of amides is 2. The summed E-state index contributed by atoms with van der Waals surface area (Å²) >= 11 is 0. The number of carbonyl (C=O) groups is 2. The van der Waals surface area contributed by atoms with Gasteiger partial charge in [0.25, 0.3) is 11.8 Å². The number of rotatable bonds is 6. The molecule has 3 rings (SSSR count). The van der Waals surface area contributed by atoms with Crippen molar-refractivity contribution in [1.29, 1.82) is 0 Å². The number of ether oxygens (including phenoxy) is 3. The molecule has 0 unspecified atom stereocenters. The molecule has 1 aliphatic rings. The molecule has 0 radical (unpaired) electrons. The predicted molar refractivity (Wildman–Crippen MR) is 109 cm³/mol. The van der Waals surface area contributed by atoms with E-state index in [0.29, 0.717) is 54.3 Å². The van der Waals surface area contributed by atoms with Crippen LogP contribution in [0, 0.1) is 0 Å². The Bertz CT molecular complexity index is 853. The van der Waals surface area contributed by atoms with Gasteiger partial charge < -0.3 is 24.4 Å². The number of likely N-dealkylation sites (tertiary alicyclic amines) is 1. The molecule has 1 heterocycles. The molecule has 29 heavy (non-hydrogen) atoms. The maximum atomic E-state index is 13.1. The van der Waals surface area contributed by atoms with Crippen LogP contribution in [0.1, 0.15) is 33.6 Å². The average Bonchev–Trinajstić information content (AvgIpc) is 2.78. The van der Waals surface area contributed by atoms with E-state index in [1.165, 1.54) is 14.2 Å². The molecule has 2 amide bonds. The average molecular weight is 398 g/mol. The van der Waals surface area contributed by atoms with E-state index in [1.807, 2.05) is 6.07 Å². The van der Waals surface area contributed by atoms with Crippen molar-refractivity contribution in [2.75, 3.05) is 34.4 Å². The Kier molecular flexibility index (Phi) is 6.59. The zero-order chi connectivity index (χ0) is 20.8. The summed E-state index contributed by atoms with van der Waals surface area (Å²) in [5.74, 6) is 1.22. The van der Waals surface area contributed by atoms with E-state index in [0.717, 1.165) is 0 Å². The number of benzene rings is 2. The molecule has 0 atom stereocenters. The van der Waals surface area contributed by atoms with Crippen LogP contribution in [-0.2, 0) is 0 Å². The number of nitrogens with zero attached hydrogens (tertiary/aromatic N) is 1. The third kappa shape index (κ3) is 4.45. The van der Waals surface area contributed by atoms with Crippen LogP contribution in [-0.4, -0.2) is 57.2 Å². The summed E-state index contributed by atoms with van der Waals surface area (Å²) in [6.07, 6.45) is 1.34. The molecule has 7 nitrogen and oxygen atoms in total. The lowest BCUT2D eigenvalue weighted by Crippen LogP contribution is -2.46. The summed E-state index contributed by atoms with van der Waals surface area (Å²) in [4.78, 5) is 27.4. The standard InChI is InChI=1S/C22H26N2O5/c1-27-17-8-5-4-7-16(17)21(25)23-15-11-13-24(14-12-15)22(26)20-18(28-2)9-6-10-19(20)29-3/h4-10,15H,11-14H2,1-3H3,(H,23,25). The van der Waals surface area contributed by atoms with Crippen molar-refractivity contribution >= 4 is 11.8 Å². The second-order valence-corrected chi connectivity index (χ2v) is 6.78. The molecule has 154 valence electrons. The normalized spacial score (nSPS) is 14.2. The first-order valence-corrected chi connectivity index (χ1v) is 9.53. The molecule has 1 aliphatic heterocycles. The van der Waals surface area contributed by atoms with Gasteiger partial charge in [-0.25, -0.2) is 0 Å². The topological polar surface area (TPSA) is 77.1 Å². The van der Waals surface area contributed by atoms with Crippen molar-refractivity contribution in [2.45, 2.75) is 18.9 Å². The first-order chi connectivity index (χ1) is 14.1.